The first kappa shape index (κ1) is 30.7. The molecule has 0 fully saturated rings. The smallest absolute Gasteiger partial charge is 0.0140 e. The molecule has 1 rings (SSSR count). The van der Waals surface area contributed by atoms with Crippen molar-refractivity contribution < 1.29 is 0 Å². The van der Waals surface area contributed by atoms with Crippen LogP contribution in [0.25, 0.3) is 0 Å². The Morgan fingerprint density at radius 1 is 0.621 bits per heavy atom. The number of hydrogen-bond donors (Lipinski definition) is 0. The second-order valence-corrected chi connectivity index (χ2v) is 8.89. The number of rotatable bonds is 16. The molecular formula is C27H52ClN. The fraction of sp³-hybridized carbons (Fsp3) is 0.778. The molecule has 0 heterocycles. The monoisotopic (exact) mass is 425 g/mol. The van der Waals surface area contributed by atoms with E-state index in [0.29, 0.717) is 0 Å². The average molecular weight is 426 g/mol. The van der Waals surface area contributed by atoms with Gasteiger partial charge in [0.25, 0.3) is 0 Å². The number of nitrogens with zero attached hydrogens (tertiary/aromatic N) is 1. The predicted molar refractivity (Wildman–Crippen MR) is 137 cm³/mol. The van der Waals surface area contributed by atoms with Crippen LogP contribution < -0.4 is 0 Å². The van der Waals surface area contributed by atoms with E-state index in [-0.39, 0.29) is 12.4 Å². The largest absolute Gasteiger partial charge is 0.312 e. The Labute approximate surface area is 190 Å². The molecule has 0 aliphatic carbocycles. The van der Waals surface area contributed by atoms with Gasteiger partial charge >= 0.3 is 0 Å². The molecule has 172 valence electrons. The molecule has 1 aromatic rings. The van der Waals surface area contributed by atoms with Crippen molar-refractivity contribution in [1.29, 1.82) is 0 Å². The molecular weight excluding hydrogens is 374 g/mol. The fourth-order valence-corrected chi connectivity index (χ4v) is 3.74. The van der Waals surface area contributed by atoms with Gasteiger partial charge in [0.15, 0.2) is 0 Å². The molecule has 0 radical (unpaired) electrons. The quantitative estimate of drug-likeness (QED) is 0.238. The highest BCUT2D eigenvalue weighted by Gasteiger charge is 2.07. The van der Waals surface area contributed by atoms with Gasteiger partial charge in [-0.2, -0.15) is 0 Å². The maximum absolute atomic E-state index is 2.33. The average Bonchev–Trinajstić information content (AvgIpc) is 2.69. The molecule has 0 aliphatic rings. The van der Waals surface area contributed by atoms with Crippen molar-refractivity contribution in [2.75, 3.05) is 21.1 Å². The van der Waals surface area contributed by atoms with E-state index in [9.17, 15) is 0 Å². The van der Waals surface area contributed by atoms with E-state index < -0.39 is 0 Å². The van der Waals surface area contributed by atoms with Crippen molar-refractivity contribution in [3.63, 3.8) is 0 Å². The van der Waals surface area contributed by atoms with Crippen LogP contribution in [0, 0.1) is 0 Å². The number of halogens is 1. The third-order valence-corrected chi connectivity index (χ3v) is 5.42. The van der Waals surface area contributed by atoms with E-state index in [1.54, 1.807) is 5.56 Å². The molecule has 0 amide bonds. The van der Waals surface area contributed by atoms with E-state index >= 15 is 0 Å². The molecule has 0 N–H and O–H groups in total. The van der Waals surface area contributed by atoms with Gasteiger partial charge in [0.2, 0.25) is 0 Å². The van der Waals surface area contributed by atoms with Gasteiger partial charge in [-0.1, -0.05) is 128 Å². The third-order valence-electron chi connectivity index (χ3n) is 5.42. The molecule has 1 aromatic carbocycles. The lowest BCUT2D eigenvalue weighted by Crippen LogP contribution is -1.99. The lowest BCUT2D eigenvalue weighted by molar-refractivity contribution is 0.505. The van der Waals surface area contributed by atoms with E-state index in [0.717, 1.165) is 5.92 Å². The molecule has 1 atom stereocenters. The third kappa shape index (κ3) is 22.0. The minimum atomic E-state index is 0. The van der Waals surface area contributed by atoms with Crippen LogP contribution in [0.2, 0.25) is 0 Å². The van der Waals surface area contributed by atoms with E-state index in [2.05, 4.69) is 44.2 Å². The Balaban J connectivity index is 0. The molecule has 0 aliphatic heterocycles. The summed E-state index contributed by atoms with van der Waals surface area (Å²) in [5.74, 6) is 0.777. The second kappa shape index (κ2) is 23.7. The zero-order chi connectivity index (χ0) is 20.9. The van der Waals surface area contributed by atoms with Crippen molar-refractivity contribution in [3.05, 3.63) is 35.9 Å². The lowest BCUT2D eigenvalue weighted by Gasteiger charge is -2.15. The van der Waals surface area contributed by atoms with Crippen LogP contribution in [0.5, 0.6) is 0 Å². The van der Waals surface area contributed by atoms with E-state index in [4.69, 9.17) is 0 Å². The molecule has 0 aromatic heterocycles. The van der Waals surface area contributed by atoms with Crippen LogP contribution >= 0.6 is 12.4 Å². The highest BCUT2D eigenvalue weighted by Crippen LogP contribution is 2.25. The van der Waals surface area contributed by atoms with Crippen LogP contribution in [0.3, 0.4) is 0 Å². The summed E-state index contributed by atoms with van der Waals surface area (Å²) in [6, 6.07) is 11.1. The maximum Gasteiger partial charge on any atom is -0.0140 e. The molecule has 0 spiro atoms. The van der Waals surface area contributed by atoms with Crippen LogP contribution in [0.4, 0.5) is 0 Å². The van der Waals surface area contributed by atoms with Crippen LogP contribution in [0.1, 0.15) is 122 Å². The normalized spacial score (nSPS) is 11.5. The van der Waals surface area contributed by atoms with Gasteiger partial charge in [-0.3, -0.25) is 0 Å². The molecule has 2 heteroatoms. The summed E-state index contributed by atoms with van der Waals surface area (Å²) in [4.78, 5) is 2.00. The first-order valence-corrected chi connectivity index (χ1v) is 12.3. The molecule has 0 bridgehead atoms. The zero-order valence-electron chi connectivity index (χ0n) is 20.4. The highest BCUT2D eigenvalue weighted by atomic mass is 35.5. The number of benzene rings is 1. The summed E-state index contributed by atoms with van der Waals surface area (Å²) in [5.41, 5.74) is 1.54. The van der Waals surface area contributed by atoms with Crippen molar-refractivity contribution in [2.45, 2.75) is 116 Å². The highest BCUT2D eigenvalue weighted by molar-refractivity contribution is 5.85. The SMILES string of the molecule is CCCCCCCCCCCCCCCC(CC)c1ccccc1.CN(C)C.Cl. The first-order valence-electron chi connectivity index (χ1n) is 12.3. The summed E-state index contributed by atoms with van der Waals surface area (Å²) < 4.78 is 0. The molecule has 29 heavy (non-hydrogen) atoms. The summed E-state index contributed by atoms with van der Waals surface area (Å²) in [6.07, 6.45) is 21.5. The van der Waals surface area contributed by atoms with E-state index in [1.165, 1.54) is 96.3 Å². The van der Waals surface area contributed by atoms with Gasteiger partial charge in [-0.05, 0) is 45.5 Å². The molecule has 1 nitrogen and oxygen atoms in total. The van der Waals surface area contributed by atoms with Gasteiger partial charge in [0, 0.05) is 0 Å². The predicted octanol–water partition coefficient (Wildman–Crippen LogP) is 9.26. The van der Waals surface area contributed by atoms with Crippen LogP contribution in [-0.2, 0) is 0 Å². The van der Waals surface area contributed by atoms with Gasteiger partial charge in [0.05, 0.1) is 0 Å². The topological polar surface area (TPSA) is 3.24 Å². The van der Waals surface area contributed by atoms with Crippen molar-refractivity contribution in [2.24, 2.45) is 0 Å². The minimum Gasteiger partial charge on any atom is -0.312 e. The summed E-state index contributed by atoms with van der Waals surface area (Å²) >= 11 is 0. The number of hydrogen-bond acceptors (Lipinski definition) is 1. The van der Waals surface area contributed by atoms with Gasteiger partial charge in [0.1, 0.15) is 0 Å². The van der Waals surface area contributed by atoms with E-state index in [1.807, 2.05) is 26.0 Å². The summed E-state index contributed by atoms with van der Waals surface area (Å²) in [7, 11) is 6.00. The Hall–Kier alpha value is -0.530. The van der Waals surface area contributed by atoms with Crippen molar-refractivity contribution >= 4 is 12.4 Å². The lowest BCUT2D eigenvalue weighted by atomic mass is 9.91. The molecule has 0 saturated heterocycles. The Kier molecular flexibility index (Phi) is 25.1. The standard InChI is InChI=1S/C24H42.C3H9N.ClH/c1-3-5-6-7-8-9-10-11-12-13-14-15-17-20-23(4-2)24-21-18-16-19-22-24;1-4(2)3;/h16,18-19,21-23H,3-15,17,20H2,1-2H3;1-3H3;1H. The van der Waals surface area contributed by atoms with Crippen LogP contribution in [-0.4, -0.2) is 26.0 Å². The summed E-state index contributed by atoms with van der Waals surface area (Å²) in [5, 5.41) is 0. The van der Waals surface area contributed by atoms with Crippen LogP contribution in [0.15, 0.2) is 30.3 Å². The Morgan fingerprint density at radius 3 is 1.38 bits per heavy atom. The van der Waals surface area contributed by atoms with Gasteiger partial charge < -0.3 is 4.90 Å². The van der Waals surface area contributed by atoms with Crippen molar-refractivity contribution in [3.8, 4) is 0 Å². The maximum atomic E-state index is 2.33. The van der Waals surface area contributed by atoms with Gasteiger partial charge in [-0.25, -0.2) is 0 Å². The Bertz CT molecular complexity index is 402. The Morgan fingerprint density at radius 2 is 1.00 bits per heavy atom. The van der Waals surface area contributed by atoms with Gasteiger partial charge in [-0.15, -0.1) is 12.4 Å². The fourth-order valence-electron chi connectivity index (χ4n) is 3.74. The van der Waals surface area contributed by atoms with Crippen molar-refractivity contribution in [1.82, 2.24) is 4.90 Å². The minimum absolute atomic E-state index is 0. The second-order valence-electron chi connectivity index (χ2n) is 8.89. The first-order chi connectivity index (χ1) is 13.6. The summed E-state index contributed by atoms with van der Waals surface area (Å²) in [6.45, 7) is 4.63. The number of unbranched alkanes of at least 4 members (excludes halogenated alkanes) is 12. The zero-order valence-corrected chi connectivity index (χ0v) is 21.2. The molecule has 0 saturated carbocycles. The molecule has 1 unspecified atom stereocenters.